The normalized spacial score (nSPS) is 19.1. The Hall–Kier alpha value is -1.56. The second-order valence-electron chi connectivity index (χ2n) is 6.98. The molecule has 0 aliphatic carbocycles. The number of likely N-dealkylation sites (tertiary alicyclic amines) is 1. The second kappa shape index (κ2) is 7.34. The molecule has 1 aromatic rings. The molecule has 1 aliphatic heterocycles. The van der Waals surface area contributed by atoms with Crippen molar-refractivity contribution in [1.82, 2.24) is 10.2 Å². The molecule has 1 fully saturated rings. The monoisotopic (exact) mass is 338 g/mol. The lowest BCUT2D eigenvalue weighted by Gasteiger charge is -2.26. The fourth-order valence-corrected chi connectivity index (χ4v) is 3.33. The van der Waals surface area contributed by atoms with Crippen LogP contribution >= 0.6 is 11.3 Å². The zero-order valence-electron chi connectivity index (χ0n) is 14.3. The molecule has 2 amide bonds. The number of nitrogens with zero attached hydrogens (tertiary/aromatic N) is 1. The minimum absolute atomic E-state index is 0.0150. The third kappa shape index (κ3) is 5.53. The largest absolute Gasteiger partial charge is 0.444 e. The highest BCUT2D eigenvalue weighted by atomic mass is 32.1. The number of carbonyl (C=O) groups is 2. The molecular formula is C17H26N2O3S. The maximum atomic E-state index is 12.2. The molecule has 1 aliphatic rings. The van der Waals surface area contributed by atoms with Gasteiger partial charge < -0.3 is 15.0 Å². The van der Waals surface area contributed by atoms with Gasteiger partial charge in [-0.25, -0.2) is 4.79 Å². The first-order valence-electron chi connectivity index (χ1n) is 8.10. The van der Waals surface area contributed by atoms with Crippen LogP contribution in [0.5, 0.6) is 0 Å². The van der Waals surface area contributed by atoms with Crippen molar-refractivity contribution in [2.45, 2.75) is 58.6 Å². The lowest BCUT2D eigenvalue weighted by molar-refractivity contribution is 0.0256. The first-order chi connectivity index (χ1) is 10.7. The van der Waals surface area contributed by atoms with Crippen LogP contribution < -0.4 is 5.32 Å². The molecule has 2 rings (SSSR count). The molecule has 23 heavy (non-hydrogen) atoms. The van der Waals surface area contributed by atoms with E-state index in [0.717, 1.165) is 29.0 Å². The van der Waals surface area contributed by atoms with E-state index in [9.17, 15) is 9.59 Å². The predicted octanol–water partition coefficient (Wildman–Crippen LogP) is 3.58. The van der Waals surface area contributed by atoms with Gasteiger partial charge in [-0.2, -0.15) is 0 Å². The van der Waals surface area contributed by atoms with Crippen molar-refractivity contribution in [3.8, 4) is 0 Å². The molecule has 0 saturated carbocycles. The molecule has 0 bridgehead atoms. The van der Waals surface area contributed by atoms with Crippen LogP contribution in [-0.4, -0.2) is 41.6 Å². The molecule has 128 valence electrons. The van der Waals surface area contributed by atoms with Crippen LogP contribution in [0.3, 0.4) is 0 Å². The Morgan fingerprint density at radius 3 is 2.61 bits per heavy atom. The lowest BCUT2D eigenvalue weighted by Crippen LogP contribution is -2.39. The predicted molar refractivity (Wildman–Crippen MR) is 92.0 cm³/mol. The molecule has 2 heterocycles. The average Bonchev–Trinajstić information content (AvgIpc) is 2.73. The van der Waals surface area contributed by atoms with Crippen molar-refractivity contribution < 1.29 is 14.3 Å². The zero-order valence-corrected chi connectivity index (χ0v) is 15.2. The van der Waals surface area contributed by atoms with E-state index in [2.05, 4.69) is 5.32 Å². The van der Waals surface area contributed by atoms with Crippen molar-refractivity contribution in [3.63, 3.8) is 0 Å². The lowest BCUT2D eigenvalue weighted by atomic mass is 10.1. The minimum Gasteiger partial charge on any atom is -0.444 e. The quantitative estimate of drug-likeness (QED) is 0.897. The van der Waals surface area contributed by atoms with Gasteiger partial charge in [0.05, 0.1) is 4.88 Å². The van der Waals surface area contributed by atoms with Crippen molar-refractivity contribution in [1.29, 1.82) is 0 Å². The summed E-state index contributed by atoms with van der Waals surface area (Å²) in [5.74, 6) is -0.0150. The standard InChI is InChI=1S/C17H26N2O3S/c1-12-7-8-14(23-12)15(20)18-13-6-5-10-19(11-9-13)16(21)22-17(2,3)4/h7-8,13H,5-6,9-11H2,1-4H3,(H,18,20)/t13-/m1/s1. The van der Waals surface area contributed by atoms with E-state index in [4.69, 9.17) is 4.74 Å². The highest BCUT2D eigenvalue weighted by Crippen LogP contribution is 2.18. The fraction of sp³-hybridized carbons (Fsp3) is 0.647. The van der Waals surface area contributed by atoms with Gasteiger partial charge in [0.25, 0.3) is 5.91 Å². The smallest absolute Gasteiger partial charge is 0.410 e. The topological polar surface area (TPSA) is 58.6 Å². The Balaban J connectivity index is 1.86. The number of hydrogen-bond acceptors (Lipinski definition) is 4. The van der Waals surface area contributed by atoms with Crippen LogP contribution in [0.25, 0.3) is 0 Å². The van der Waals surface area contributed by atoms with E-state index < -0.39 is 5.60 Å². The number of rotatable bonds is 2. The van der Waals surface area contributed by atoms with Crippen molar-refractivity contribution in [3.05, 3.63) is 21.9 Å². The molecule has 0 spiro atoms. The third-order valence-electron chi connectivity index (χ3n) is 3.68. The van der Waals surface area contributed by atoms with Crippen molar-refractivity contribution in [2.24, 2.45) is 0 Å². The van der Waals surface area contributed by atoms with E-state index >= 15 is 0 Å². The van der Waals surface area contributed by atoms with Gasteiger partial charge >= 0.3 is 6.09 Å². The first-order valence-corrected chi connectivity index (χ1v) is 8.91. The number of carbonyl (C=O) groups excluding carboxylic acids is 2. The van der Waals surface area contributed by atoms with Gasteiger partial charge in [0, 0.05) is 24.0 Å². The van der Waals surface area contributed by atoms with E-state index in [1.165, 1.54) is 11.3 Å². The maximum absolute atomic E-state index is 12.2. The van der Waals surface area contributed by atoms with Gasteiger partial charge in [-0.3, -0.25) is 4.79 Å². The van der Waals surface area contributed by atoms with E-state index in [1.54, 1.807) is 4.90 Å². The highest BCUT2D eigenvalue weighted by Gasteiger charge is 2.26. The Labute approximate surface area is 142 Å². The van der Waals surface area contributed by atoms with Gasteiger partial charge in [-0.15, -0.1) is 11.3 Å². The third-order valence-corrected chi connectivity index (χ3v) is 4.68. The molecule has 1 N–H and O–H groups in total. The molecule has 0 aromatic carbocycles. The molecule has 1 atom stereocenters. The molecule has 1 aromatic heterocycles. The summed E-state index contributed by atoms with van der Waals surface area (Å²) in [5, 5.41) is 3.09. The Bertz CT molecular complexity index is 562. The highest BCUT2D eigenvalue weighted by molar-refractivity contribution is 7.13. The number of thiophene rings is 1. The first kappa shape index (κ1) is 17.8. The fourth-order valence-electron chi connectivity index (χ4n) is 2.56. The van der Waals surface area contributed by atoms with Crippen LogP contribution in [0.1, 0.15) is 54.6 Å². The SMILES string of the molecule is Cc1ccc(C(=O)N[C@@H]2CCCN(C(=O)OC(C)(C)C)CC2)s1. The van der Waals surface area contributed by atoms with Gasteiger partial charge in [0.2, 0.25) is 0 Å². The molecular weight excluding hydrogens is 312 g/mol. The van der Waals surface area contributed by atoms with Crippen LogP contribution in [0.4, 0.5) is 4.79 Å². The van der Waals surface area contributed by atoms with Gasteiger partial charge in [-0.1, -0.05) is 0 Å². The van der Waals surface area contributed by atoms with E-state index in [1.807, 2.05) is 39.8 Å². The zero-order chi connectivity index (χ0) is 17.0. The summed E-state index contributed by atoms with van der Waals surface area (Å²) in [5.41, 5.74) is -0.478. The van der Waals surface area contributed by atoms with Crippen LogP contribution in [0, 0.1) is 6.92 Å². The van der Waals surface area contributed by atoms with Gasteiger partial charge in [0.1, 0.15) is 5.60 Å². The summed E-state index contributed by atoms with van der Waals surface area (Å²) in [7, 11) is 0. The van der Waals surface area contributed by atoms with Crippen molar-refractivity contribution in [2.75, 3.05) is 13.1 Å². The summed E-state index contributed by atoms with van der Waals surface area (Å²) >= 11 is 1.50. The number of hydrogen-bond donors (Lipinski definition) is 1. The summed E-state index contributed by atoms with van der Waals surface area (Å²) in [6.45, 7) is 8.90. The second-order valence-corrected chi connectivity index (χ2v) is 8.27. The number of nitrogens with one attached hydrogen (secondary N) is 1. The van der Waals surface area contributed by atoms with Crippen LogP contribution in [0.2, 0.25) is 0 Å². The summed E-state index contributed by atoms with van der Waals surface area (Å²) in [6.07, 6.45) is 2.25. The molecule has 6 heteroatoms. The summed E-state index contributed by atoms with van der Waals surface area (Å²) in [4.78, 5) is 28.0. The summed E-state index contributed by atoms with van der Waals surface area (Å²) in [6, 6.07) is 3.92. The van der Waals surface area contributed by atoms with E-state index in [-0.39, 0.29) is 18.0 Å². The van der Waals surface area contributed by atoms with Crippen molar-refractivity contribution >= 4 is 23.3 Å². The number of amides is 2. The number of ether oxygens (including phenoxy) is 1. The minimum atomic E-state index is -0.478. The van der Waals surface area contributed by atoms with Crippen LogP contribution in [0.15, 0.2) is 12.1 Å². The molecule has 0 radical (unpaired) electrons. The summed E-state index contributed by atoms with van der Waals surface area (Å²) < 4.78 is 5.42. The number of aryl methyl sites for hydroxylation is 1. The maximum Gasteiger partial charge on any atom is 0.410 e. The average molecular weight is 338 g/mol. The molecule has 5 nitrogen and oxygen atoms in total. The van der Waals surface area contributed by atoms with Crippen LogP contribution in [-0.2, 0) is 4.74 Å². The van der Waals surface area contributed by atoms with Gasteiger partial charge in [0.15, 0.2) is 0 Å². The Morgan fingerprint density at radius 1 is 1.26 bits per heavy atom. The molecule has 0 unspecified atom stereocenters. The Kier molecular flexibility index (Phi) is 5.68. The Morgan fingerprint density at radius 2 is 2.00 bits per heavy atom. The molecule has 1 saturated heterocycles. The van der Waals surface area contributed by atoms with Gasteiger partial charge in [-0.05, 0) is 59.1 Å². The van der Waals surface area contributed by atoms with E-state index in [0.29, 0.717) is 13.1 Å².